The first-order valence-electron chi connectivity index (χ1n) is 9.35. The monoisotopic (exact) mass is 419 g/mol. The van der Waals surface area contributed by atoms with Crippen LogP contribution in [0.4, 0.5) is 5.13 Å². The van der Waals surface area contributed by atoms with Gasteiger partial charge >= 0.3 is 0 Å². The number of nitrogens with zero attached hydrogens (tertiary/aromatic N) is 2. The van der Waals surface area contributed by atoms with E-state index < -0.39 is 10.0 Å². The number of carbonyl (C=O) groups is 1. The third-order valence-electron chi connectivity index (χ3n) is 4.42. The van der Waals surface area contributed by atoms with Crippen molar-refractivity contribution in [3.8, 4) is 0 Å². The number of aryl methyl sites for hydroxylation is 2. The molecule has 1 aliphatic rings. The van der Waals surface area contributed by atoms with Crippen LogP contribution in [0, 0.1) is 0 Å². The van der Waals surface area contributed by atoms with E-state index in [0.717, 1.165) is 31.4 Å². The fraction of sp³-hybridized carbons (Fsp3) is 0.400. The Morgan fingerprint density at radius 1 is 1.29 bits per heavy atom. The van der Waals surface area contributed by atoms with Gasteiger partial charge in [0.15, 0.2) is 5.13 Å². The van der Waals surface area contributed by atoms with Crippen LogP contribution in [0.1, 0.15) is 47.6 Å². The zero-order valence-electron chi connectivity index (χ0n) is 16.1. The molecule has 0 atom stereocenters. The summed E-state index contributed by atoms with van der Waals surface area (Å²) in [5.74, 6) is -0.216. The first kappa shape index (κ1) is 20.7. The number of carbonyl (C=O) groups excluding carboxylic acids is 1. The molecule has 0 saturated carbocycles. The Bertz CT molecular complexity index is 940. The van der Waals surface area contributed by atoms with Crippen molar-refractivity contribution in [3.63, 3.8) is 0 Å². The second kappa shape index (κ2) is 8.55. The SMILES string of the molecule is C=CCN(C(=O)c1ccc(S(=O)(=O)NC(C)C)cc1)c1nc2c(s1)CCCC2. The molecule has 0 radical (unpaired) electrons. The van der Waals surface area contributed by atoms with Crippen LogP contribution in [0.15, 0.2) is 41.8 Å². The number of hydrogen-bond donors (Lipinski definition) is 1. The van der Waals surface area contributed by atoms with Crippen molar-refractivity contribution < 1.29 is 13.2 Å². The Hall–Kier alpha value is -2.03. The van der Waals surface area contributed by atoms with E-state index in [1.807, 2.05) is 0 Å². The molecule has 1 amide bonds. The maximum atomic E-state index is 13.1. The molecule has 0 bridgehead atoms. The lowest BCUT2D eigenvalue weighted by Gasteiger charge is -2.18. The highest BCUT2D eigenvalue weighted by Crippen LogP contribution is 2.32. The van der Waals surface area contributed by atoms with E-state index in [9.17, 15) is 13.2 Å². The van der Waals surface area contributed by atoms with Crippen molar-refractivity contribution in [3.05, 3.63) is 53.1 Å². The molecule has 0 unspecified atom stereocenters. The van der Waals surface area contributed by atoms with Crippen molar-refractivity contribution in [2.75, 3.05) is 11.4 Å². The minimum absolute atomic E-state index is 0.137. The van der Waals surface area contributed by atoms with Gasteiger partial charge in [-0.1, -0.05) is 6.08 Å². The van der Waals surface area contributed by atoms with Crippen molar-refractivity contribution in [2.24, 2.45) is 0 Å². The van der Waals surface area contributed by atoms with Crippen molar-refractivity contribution >= 4 is 32.4 Å². The van der Waals surface area contributed by atoms with E-state index in [1.54, 1.807) is 48.3 Å². The third kappa shape index (κ3) is 4.51. The zero-order valence-corrected chi connectivity index (χ0v) is 17.8. The molecule has 0 spiro atoms. The number of sulfonamides is 1. The van der Waals surface area contributed by atoms with Crippen molar-refractivity contribution in [1.82, 2.24) is 9.71 Å². The van der Waals surface area contributed by atoms with E-state index in [2.05, 4.69) is 16.3 Å². The quantitative estimate of drug-likeness (QED) is 0.696. The van der Waals surface area contributed by atoms with Gasteiger partial charge in [-0.3, -0.25) is 9.69 Å². The predicted octanol–water partition coefficient (Wildman–Crippen LogP) is 3.54. The normalized spacial score (nSPS) is 14.0. The fourth-order valence-electron chi connectivity index (χ4n) is 3.14. The molecule has 1 aromatic heterocycles. The number of benzene rings is 1. The molecule has 0 saturated heterocycles. The van der Waals surface area contributed by atoms with E-state index in [4.69, 9.17) is 0 Å². The summed E-state index contributed by atoms with van der Waals surface area (Å²) in [5.41, 5.74) is 1.51. The molecule has 0 aliphatic heterocycles. The molecule has 1 aliphatic carbocycles. The van der Waals surface area contributed by atoms with E-state index in [0.29, 0.717) is 17.2 Å². The lowest BCUT2D eigenvalue weighted by molar-refractivity contribution is 0.0989. The fourth-order valence-corrected chi connectivity index (χ4v) is 5.55. The average Bonchev–Trinajstić information content (AvgIpc) is 3.08. The second-order valence-corrected chi connectivity index (χ2v) is 9.85. The largest absolute Gasteiger partial charge is 0.280 e. The summed E-state index contributed by atoms with van der Waals surface area (Å²) in [4.78, 5) is 20.7. The number of fused-ring (bicyclic) bond motifs is 1. The maximum absolute atomic E-state index is 13.1. The van der Waals surface area contributed by atoms with Crippen LogP contribution >= 0.6 is 11.3 Å². The smallest absolute Gasteiger partial charge is 0.260 e. The number of thiazole rings is 1. The Balaban J connectivity index is 1.85. The number of rotatable bonds is 7. The highest BCUT2D eigenvalue weighted by molar-refractivity contribution is 7.89. The summed E-state index contributed by atoms with van der Waals surface area (Å²) in [7, 11) is -3.59. The van der Waals surface area contributed by atoms with Crippen LogP contribution in [0.3, 0.4) is 0 Å². The molecule has 6 nitrogen and oxygen atoms in total. The number of nitrogens with one attached hydrogen (secondary N) is 1. The average molecular weight is 420 g/mol. The second-order valence-electron chi connectivity index (χ2n) is 7.08. The molecule has 1 N–H and O–H groups in total. The topological polar surface area (TPSA) is 79.4 Å². The predicted molar refractivity (Wildman–Crippen MR) is 113 cm³/mol. The van der Waals surface area contributed by atoms with Crippen LogP contribution in [-0.2, 0) is 22.9 Å². The maximum Gasteiger partial charge on any atom is 0.260 e. The molecule has 28 heavy (non-hydrogen) atoms. The summed E-state index contributed by atoms with van der Waals surface area (Å²) < 4.78 is 27.1. The molecule has 1 aromatic carbocycles. The highest BCUT2D eigenvalue weighted by Gasteiger charge is 2.24. The number of amides is 1. The van der Waals surface area contributed by atoms with Crippen LogP contribution in [0.2, 0.25) is 0 Å². The standard InChI is InChI=1S/C20H25N3O3S2/c1-4-13-23(20-21-17-7-5-6-8-18(17)27-20)19(24)15-9-11-16(12-10-15)28(25,26)22-14(2)3/h4,9-12,14,22H,1,5-8,13H2,2-3H3. The van der Waals surface area contributed by atoms with Gasteiger partial charge in [-0.25, -0.2) is 18.1 Å². The molecule has 3 rings (SSSR count). The summed E-state index contributed by atoms with van der Waals surface area (Å²) in [6, 6.07) is 5.79. The van der Waals surface area contributed by atoms with Gasteiger partial charge in [-0.15, -0.1) is 17.9 Å². The van der Waals surface area contributed by atoms with Gasteiger partial charge in [0, 0.05) is 23.0 Å². The summed E-state index contributed by atoms with van der Waals surface area (Å²) in [6.07, 6.45) is 5.93. The Morgan fingerprint density at radius 3 is 2.57 bits per heavy atom. The number of anilines is 1. The van der Waals surface area contributed by atoms with E-state index >= 15 is 0 Å². The molecule has 8 heteroatoms. The first-order chi connectivity index (χ1) is 13.3. The van der Waals surface area contributed by atoms with Crippen LogP contribution < -0.4 is 9.62 Å². The van der Waals surface area contributed by atoms with Gasteiger partial charge in [0.1, 0.15) is 0 Å². The molecule has 1 heterocycles. The zero-order chi connectivity index (χ0) is 20.3. The van der Waals surface area contributed by atoms with Crippen molar-refractivity contribution in [2.45, 2.75) is 50.5 Å². The molecule has 150 valence electrons. The van der Waals surface area contributed by atoms with Crippen LogP contribution in [-0.4, -0.2) is 31.9 Å². The van der Waals surface area contributed by atoms with Gasteiger partial charge in [0.05, 0.1) is 10.6 Å². The molecular weight excluding hydrogens is 394 g/mol. The lowest BCUT2D eigenvalue weighted by atomic mass is 10.0. The Morgan fingerprint density at radius 2 is 1.96 bits per heavy atom. The van der Waals surface area contributed by atoms with Gasteiger partial charge in [-0.2, -0.15) is 0 Å². The van der Waals surface area contributed by atoms with E-state index in [-0.39, 0.29) is 16.8 Å². The van der Waals surface area contributed by atoms with Crippen LogP contribution in [0.5, 0.6) is 0 Å². The van der Waals surface area contributed by atoms with Crippen LogP contribution in [0.25, 0.3) is 0 Å². The number of aromatic nitrogens is 1. The van der Waals surface area contributed by atoms with E-state index in [1.165, 1.54) is 17.0 Å². The van der Waals surface area contributed by atoms with Gasteiger partial charge in [0.2, 0.25) is 10.0 Å². The lowest BCUT2D eigenvalue weighted by Crippen LogP contribution is -2.31. The summed E-state index contributed by atoms with van der Waals surface area (Å²) in [6.45, 7) is 7.62. The molecule has 0 fully saturated rings. The Labute approximate surface area is 170 Å². The summed E-state index contributed by atoms with van der Waals surface area (Å²) >= 11 is 1.56. The van der Waals surface area contributed by atoms with Gasteiger partial charge < -0.3 is 0 Å². The summed E-state index contributed by atoms with van der Waals surface area (Å²) in [5, 5.41) is 0.676. The molecular formula is C20H25N3O3S2. The highest BCUT2D eigenvalue weighted by atomic mass is 32.2. The third-order valence-corrected chi connectivity index (χ3v) is 7.28. The minimum atomic E-state index is -3.59. The minimum Gasteiger partial charge on any atom is -0.280 e. The molecule has 2 aromatic rings. The number of hydrogen-bond acceptors (Lipinski definition) is 5. The van der Waals surface area contributed by atoms with Crippen molar-refractivity contribution in [1.29, 1.82) is 0 Å². The van der Waals surface area contributed by atoms with Gasteiger partial charge in [0.25, 0.3) is 5.91 Å². The Kier molecular flexibility index (Phi) is 6.32. The van der Waals surface area contributed by atoms with Gasteiger partial charge in [-0.05, 0) is 63.8 Å². The first-order valence-corrected chi connectivity index (χ1v) is 11.7.